The molecule has 0 bridgehead atoms. The van der Waals surface area contributed by atoms with E-state index in [9.17, 15) is 14.3 Å². The lowest BCUT2D eigenvalue weighted by Gasteiger charge is -2.04. The second-order valence-electron chi connectivity index (χ2n) is 5.69. The van der Waals surface area contributed by atoms with Gasteiger partial charge in [0.1, 0.15) is 10.8 Å². The Hall–Kier alpha value is -3.45. The van der Waals surface area contributed by atoms with E-state index in [1.165, 1.54) is 35.6 Å². The van der Waals surface area contributed by atoms with Crippen LogP contribution in [-0.2, 0) is 0 Å². The van der Waals surface area contributed by atoms with Crippen molar-refractivity contribution in [2.45, 2.75) is 0 Å². The molecule has 0 saturated carbocycles. The van der Waals surface area contributed by atoms with Crippen molar-refractivity contribution in [1.29, 1.82) is 0 Å². The highest BCUT2D eigenvalue weighted by Gasteiger charge is 2.12. The zero-order valence-corrected chi connectivity index (χ0v) is 14.7. The summed E-state index contributed by atoms with van der Waals surface area (Å²) in [6, 6.07) is 10.9. The molecule has 0 saturated heterocycles. The Morgan fingerprint density at radius 2 is 1.93 bits per heavy atom. The summed E-state index contributed by atoms with van der Waals surface area (Å²) in [4.78, 5) is 24.6. The van der Waals surface area contributed by atoms with Crippen LogP contribution < -0.4 is 0 Å². The molecule has 3 heterocycles. The second-order valence-corrected chi connectivity index (χ2v) is 6.55. The van der Waals surface area contributed by atoms with Crippen LogP contribution in [0.4, 0.5) is 4.39 Å². The Balaban J connectivity index is 1.69. The first kappa shape index (κ1) is 17.0. The number of nitrogens with zero attached hydrogens (tertiary/aromatic N) is 3. The molecule has 0 aliphatic heterocycles. The van der Waals surface area contributed by atoms with Crippen LogP contribution in [0, 0.1) is 5.82 Å². The van der Waals surface area contributed by atoms with Crippen LogP contribution in [0.1, 0.15) is 21.7 Å². The van der Waals surface area contributed by atoms with Crippen molar-refractivity contribution in [3.63, 3.8) is 0 Å². The lowest BCUT2D eigenvalue weighted by Crippen LogP contribution is -2.00. The van der Waals surface area contributed by atoms with Crippen LogP contribution in [0.2, 0.25) is 0 Å². The standard InChI is InChI=1S/C20H12FN3O2S/c21-12-4-7-15-16(20(25)26)10-13(23-18(15)9-12)5-6-14-11-27-19(24-14)17-3-1-2-8-22-17/h1-11H,(H,25,26)/b6-5+. The van der Waals surface area contributed by atoms with Crippen molar-refractivity contribution < 1.29 is 14.3 Å². The summed E-state index contributed by atoms with van der Waals surface area (Å²) >= 11 is 1.46. The Morgan fingerprint density at radius 1 is 1.07 bits per heavy atom. The predicted molar refractivity (Wildman–Crippen MR) is 103 cm³/mol. The second kappa shape index (κ2) is 7.05. The van der Waals surface area contributed by atoms with E-state index in [1.807, 2.05) is 23.6 Å². The summed E-state index contributed by atoms with van der Waals surface area (Å²) in [7, 11) is 0. The normalized spacial score (nSPS) is 11.3. The SMILES string of the molecule is O=C(O)c1cc(/C=C/c2csc(-c3ccccn3)n2)nc2cc(F)ccc12. The van der Waals surface area contributed by atoms with Gasteiger partial charge in [-0.3, -0.25) is 4.98 Å². The van der Waals surface area contributed by atoms with E-state index in [1.54, 1.807) is 18.3 Å². The lowest BCUT2D eigenvalue weighted by molar-refractivity contribution is 0.0699. The number of thiazole rings is 1. The number of carboxylic acid groups (broad SMARTS) is 1. The van der Waals surface area contributed by atoms with Gasteiger partial charge in [0.05, 0.1) is 28.2 Å². The number of pyridine rings is 2. The van der Waals surface area contributed by atoms with Crippen molar-refractivity contribution >= 4 is 40.4 Å². The molecular weight excluding hydrogens is 365 g/mol. The van der Waals surface area contributed by atoms with Gasteiger partial charge in [-0.25, -0.2) is 19.2 Å². The fourth-order valence-corrected chi connectivity index (χ4v) is 3.39. The van der Waals surface area contributed by atoms with Crippen molar-refractivity contribution in [3.05, 3.63) is 76.8 Å². The van der Waals surface area contributed by atoms with Gasteiger partial charge in [0, 0.05) is 23.0 Å². The lowest BCUT2D eigenvalue weighted by atomic mass is 10.1. The predicted octanol–water partition coefficient (Wildman–Crippen LogP) is 4.76. The van der Waals surface area contributed by atoms with E-state index in [2.05, 4.69) is 15.0 Å². The van der Waals surface area contributed by atoms with Crippen molar-refractivity contribution in [2.75, 3.05) is 0 Å². The molecule has 3 aromatic heterocycles. The molecule has 1 aromatic carbocycles. The third-order valence-corrected chi connectivity index (χ3v) is 4.74. The van der Waals surface area contributed by atoms with Gasteiger partial charge in [-0.05, 0) is 42.5 Å². The molecule has 4 rings (SSSR count). The minimum Gasteiger partial charge on any atom is -0.478 e. The smallest absolute Gasteiger partial charge is 0.336 e. The molecular formula is C20H12FN3O2S. The fraction of sp³-hybridized carbons (Fsp3) is 0. The molecule has 1 N–H and O–H groups in total. The monoisotopic (exact) mass is 377 g/mol. The van der Waals surface area contributed by atoms with Gasteiger partial charge in [0.25, 0.3) is 0 Å². The molecule has 7 heteroatoms. The number of rotatable bonds is 4. The maximum atomic E-state index is 13.5. The largest absolute Gasteiger partial charge is 0.478 e. The molecule has 0 fully saturated rings. The minimum atomic E-state index is -1.09. The van der Waals surface area contributed by atoms with E-state index in [4.69, 9.17) is 0 Å². The highest BCUT2D eigenvalue weighted by atomic mass is 32.1. The first-order chi connectivity index (χ1) is 13.1. The van der Waals surface area contributed by atoms with E-state index >= 15 is 0 Å². The summed E-state index contributed by atoms with van der Waals surface area (Å²) in [6.45, 7) is 0. The van der Waals surface area contributed by atoms with Crippen LogP contribution in [0.15, 0.2) is 54.0 Å². The zero-order valence-electron chi connectivity index (χ0n) is 13.8. The molecule has 4 aromatic rings. The number of halogens is 1. The minimum absolute atomic E-state index is 0.0760. The van der Waals surface area contributed by atoms with Gasteiger partial charge in [0.15, 0.2) is 0 Å². The molecule has 0 amide bonds. The average molecular weight is 377 g/mol. The summed E-state index contributed by atoms with van der Waals surface area (Å²) in [6.07, 6.45) is 5.11. The number of benzene rings is 1. The topological polar surface area (TPSA) is 76.0 Å². The van der Waals surface area contributed by atoms with Gasteiger partial charge >= 0.3 is 5.97 Å². The average Bonchev–Trinajstić information content (AvgIpc) is 3.15. The zero-order chi connectivity index (χ0) is 18.8. The number of hydrogen-bond acceptors (Lipinski definition) is 5. The van der Waals surface area contributed by atoms with Gasteiger partial charge < -0.3 is 5.11 Å². The molecule has 27 heavy (non-hydrogen) atoms. The van der Waals surface area contributed by atoms with E-state index in [0.717, 1.165) is 10.7 Å². The van der Waals surface area contributed by atoms with E-state index < -0.39 is 11.8 Å². The summed E-state index contributed by atoms with van der Waals surface area (Å²) < 4.78 is 13.5. The first-order valence-corrected chi connectivity index (χ1v) is 8.87. The van der Waals surface area contributed by atoms with Crippen molar-refractivity contribution in [2.24, 2.45) is 0 Å². The van der Waals surface area contributed by atoms with Crippen LogP contribution >= 0.6 is 11.3 Å². The van der Waals surface area contributed by atoms with E-state index in [0.29, 0.717) is 22.3 Å². The van der Waals surface area contributed by atoms with Crippen LogP contribution in [0.5, 0.6) is 0 Å². The third kappa shape index (κ3) is 3.58. The molecule has 0 atom stereocenters. The van der Waals surface area contributed by atoms with Crippen molar-refractivity contribution in [1.82, 2.24) is 15.0 Å². The highest BCUT2D eigenvalue weighted by molar-refractivity contribution is 7.13. The van der Waals surface area contributed by atoms with E-state index in [-0.39, 0.29) is 5.56 Å². The Labute approximate surface area is 157 Å². The molecule has 0 spiro atoms. The van der Waals surface area contributed by atoms with Gasteiger partial charge in [0.2, 0.25) is 0 Å². The highest BCUT2D eigenvalue weighted by Crippen LogP contribution is 2.24. The summed E-state index contributed by atoms with van der Waals surface area (Å²) in [5.74, 6) is -1.55. The number of carbonyl (C=O) groups is 1. The number of hydrogen-bond donors (Lipinski definition) is 1. The van der Waals surface area contributed by atoms with Crippen LogP contribution in [0.3, 0.4) is 0 Å². The maximum absolute atomic E-state index is 13.5. The maximum Gasteiger partial charge on any atom is 0.336 e. The van der Waals surface area contributed by atoms with Gasteiger partial charge in [-0.1, -0.05) is 6.07 Å². The third-order valence-electron chi connectivity index (χ3n) is 3.85. The molecule has 132 valence electrons. The molecule has 0 aliphatic carbocycles. The summed E-state index contributed by atoms with van der Waals surface area (Å²) in [5.41, 5.74) is 2.28. The fourth-order valence-electron chi connectivity index (χ4n) is 2.62. The molecule has 5 nitrogen and oxygen atoms in total. The van der Waals surface area contributed by atoms with Crippen LogP contribution in [0.25, 0.3) is 33.8 Å². The first-order valence-electron chi connectivity index (χ1n) is 7.99. The Kier molecular flexibility index (Phi) is 4.43. The Bertz CT molecular complexity index is 1170. The number of carboxylic acids is 1. The van der Waals surface area contributed by atoms with Crippen LogP contribution in [-0.4, -0.2) is 26.0 Å². The summed E-state index contributed by atoms with van der Waals surface area (Å²) in [5, 5.41) is 12.5. The quantitative estimate of drug-likeness (QED) is 0.555. The molecule has 0 unspecified atom stereocenters. The number of aromatic nitrogens is 3. The van der Waals surface area contributed by atoms with Crippen molar-refractivity contribution in [3.8, 4) is 10.7 Å². The number of aromatic carboxylic acids is 1. The van der Waals surface area contributed by atoms with Gasteiger partial charge in [-0.2, -0.15) is 0 Å². The van der Waals surface area contributed by atoms with Gasteiger partial charge in [-0.15, -0.1) is 11.3 Å². The Morgan fingerprint density at radius 3 is 2.70 bits per heavy atom. The molecule has 0 radical (unpaired) electrons. The molecule has 0 aliphatic rings. The number of fused-ring (bicyclic) bond motifs is 1.